The summed E-state index contributed by atoms with van der Waals surface area (Å²) in [5, 5.41) is 0.490. The molecule has 4 nitrogen and oxygen atoms in total. The fourth-order valence-corrected chi connectivity index (χ4v) is 3.84. The molecule has 0 N–H and O–H groups in total. The predicted octanol–water partition coefficient (Wildman–Crippen LogP) is 2.69. The van der Waals surface area contributed by atoms with E-state index in [1.807, 2.05) is 12.1 Å². The van der Waals surface area contributed by atoms with Crippen LogP contribution >= 0.6 is 11.8 Å². The maximum atomic E-state index is 12.3. The Morgan fingerprint density at radius 3 is 2.14 bits per heavy atom. The SMILES string of the molecule is CC(C)Sc1ccc(C(=O)N(C)[C@H](C)CS(C)(=O)=O)cc1. The lowest BCUT2D eigenvalue weighted by Crippen LogP contribution is -2.39. The van der Waals surface area contributed by atoms with Crippen LogP contribution in [0.5, 0.6) is 0 Å². The molecule has 0 aromatic heterocycles. The number of carbonyl (C=O) groups is 1. The van der Waals surface area contributed by atoms with Crippen LogP contribution in [0.25, 0.3) is 0 Å². The standard InChI is InChI=1S/C15H23NO3S2/c1-11(2)20-14-8-6-13(7-9-14)15(17)16(4)12(3)10-21(5,18)19/h6-9,11-12H,10H2,1-5H3/t12-/m1/s1. The molecule has 1 amide bonds. The minimum absolute atomic E-state index is 0.0312. The van der Waals surface area contributed by atoms with Gasteiger partial charge in [0.1, 0.15) is 9.84 Å². The Labute approximate surface area is 131 Å². The highest BCUT2D eigenvalue weighted by atomic mass is 32.2. The minimum Gasteiger partial charge on any atom is -0.338 e. The molecule has 1 aromatic rings. The van der Waals surface area contributed by atoms with Gasteiger partial charge in [-0.05, 0) is 31.2 Å². The highest BCUT2D eigenvalue weighted by molar-refractivity contribution is 7.99. The fraction of sp³-hybridized carbons (Fsp3) is 0.533. The number of benzene rings is 1. The lowest BCUT2D eigenvalue weighted by molar-refractivity contribution is 0.0757. The monoisotopic (exact) mass is 329 g/mol. The molecule has 0 unspecified atom stereocenters. The molecule has 118 valence electrons. The molecule has 0 fully saturated rings. The predicted molar refractivity (Wildman–Crippen MR) is 88.7 cm³/mol. The fourth-order valence-electron chi connectivity index (χ4n) is 1.90. The maximum absolute atomic E-state index is 12.3. The average Bonchev–Trinajstić information content (AvgIpc) is 2.35. The largest absolute Gasteiger partial charge is 0.338 e. The zero-order chi connectivity index (χ0) is 16.2. The van der Waals surface area contributed by atoms with Crippen LogP contribution in [0.4, 0.5) is 0 Å². The summed E-state index contributed by atoms with van der Waals surface area (Å²) in [6.07, 6.45) is 1.18. The lowest BCUT2D eigenvalue weighted by Gasteiger charge is -2.24. The van der Waals surface area contributed by atoms with Crippen molar-refractivity contribution in [3.63, 3.8) is 0 Å². The van der Waals surface area contributed by atoms with Crippen LogP contribution in [0.3, 0.4) is 0 Å². The molecule has 0 saturated heterocycles. The van der Waals surface area contributed by atoms with Crippen molar-refractivity contribution in [3.8, 4) is 0 Å². The molecule has 21 heavy (non-hydrogen) atoms. The first-order chi connectivity index (χ1) is 9.60. The second kappa shape index (κ2) is 7.31. The summed E-state index contributed by atoms with van der Waals surface area (Å²) in [6, 6.07) is 7.07. The van der Waals surface area contributed by atoms with Gasteiger partial charge >= 0.3 is 0 Å². The number of hydrogen-bond donors (Lipinski definition) is 0. The average molecular weight is 329 g/mol. The Hall–Kier alpha value is -1.01. The number of thioether (sulfide) groups is 1. The van der Waals surface area contributed by atoms with Crippen molar-refractivity contribution in [3.05, 3.63) is 29.8 Å². The van der Waals surface area contributed by atoms with E-state index >= 15 is 0 Å². The molecule has 0 aliphatic carbocycles. The van der Waals surface area contributed by atoms with Crippen LogP contribution in [-0.4, -0.2) is 49.6 Å². The van der Waals surface area contributed by atoms with E-state index in [1.165, 1.54) is 11.2 Å². The number of amides is 1. The molecule has 0 bridgehead atoms. The third-order valence-electron chi connectivity index (χ3n) is 3.00. The topological polar surface area (TPSA) is 54.5 Å². The third-order valence-corrected chi connectivity index (χ3v) is 5.10. The van der Waals surface area contributed by atoms with Crippen molar-refractivity contribution in [2.75, 3.05) is 19.1 Å². The number of hydrogen-bond acceptors (Lipinski definition) is 4. The summed E-state index contributed by atoms with van der Waals surface area (Å²) in [5.74, 6) is -0.191. The summed E-state index contributed by atoms with van der Waals surface area (Å²) < 4.78 is 22.6. The van der Waals surface area contributed by atoms with Gasteiger partial charge in [0.05, 0.1) is 5.75 Å². The summed E-state index contributed by atoms with van der Waals surface area (Å²) in [5.41, 5.74) is 0.575. The molecular weight excluding hydrogens is 306 g/mol. The first-order valence-electron chi connectivity index (χ1n) is 6.81. The van der Waals surface area contributed by atoms with Gasteiger partial charge in [-0.25, -0.2) is 8.42 Å². The van der Waals surface area contributed by atoms with Gasteiger partial charge in [0.2, 0.25) is 0 Å². The smallest absolute Gasteiger partial charge is 0.253 e. The van der Waals surface area contributed by atoms with Crippen molar-refractivity contribution in [2.45, 2.75) is 37.0 Å². The van der Waals surface area contributed by atoms with E-state index in [1.54, 1.807) is 37.9 Å². The van der Waals surface area contributed by atoms with E-state index in [4.69, 9.17) is 0 Å². The molecule has 0 aliphatic rings. The van der Waals surface area contributed by atoms with Crippen molar-refractivity contribution in [1.29, 1.82) is 0 Å². The molecule has 0 saturated carbocycles. The Balaban J connectivity index is 2.78. The Morgan fingerprint density at radius 2 is 1.71 bits per heavy atom. The molecule has 0 aliphatic heterocycles. The Kier molecular flexibility index (Phi) is 6.28. The van der Waals surface area contributed by atoms with E-state index in [0.717, 1.165) is 4.90 Å². The van der Waals surface area contributed by atoms with E-state index in [2.05, 4.69) is 13.8 Å². The molecule has 0 heterocycles. The van der Waals surface area contributed by atoms with Gasteiger partial charge in [0, 0.05) is 35.1 Å². The van der Waals surface area contributed by atoms with Crippen LogP contribution in [0, 0.1) is 0 Å². The molecule has 0 radical (unpaired) electrons. The lowest BCUT2D eigenvalue weighted by atomic mass is 10.2. The van der Waals surface area contributed by atoms with Crippen molar-refractivity contribution in [2.24, 2.45) is 0 Å². The van der Waals surface area contributed by atoms with E-state index in [9.17, 15) is 13.2 Å². The quantitative estimate of drug-likeness (QED) is 0.753. The van der Waals surface area contributed by atoms with Gasteiger partial charge in [-0.15, -0.1) is 11.8 Å². The van der Waals surface area contributed by atoms with Gasteiger partial charge < -0.3 is 4.90 Å². The van der Waals surface area contributed by atoms with Crippen molar-refractivity contribution < 1.29 is 13.2 Å². The normalized spacial score (nSPS) is 13.2. The first kappa shape index (κ1) is 18.0. The third kappa shape index (κ3) is 6.09. The number of nitrogens with zero attached hydrogens (tertiary/aromatic N) is 1. The first-order valence-corrected chi connectivity index (χ1v) is 9.76. The highest BCUT2D eigenvalue weighted by Gasteiger charge is 2.20. The summed E-state index contributed by atoms with van der Waals surface area (Å²) in [4.78, 5) is 14.9. The van der Waals surface area contributed by atoms with Gasteiger partial charge in [-0.1, -0.05) is 13.8 Å². The number of sulfone groups is 1. The Morgan fingerprint density at radius 1 is 1.19 bits per heavy atom. The van der Waals surface area contributed by atoms with Crippen LogP contribution < -0.4 is 0 Å². The highest BCUT2D eigenvalue weighted by Crippen LogP contribution is 2.23. The molecule has 1 aromatic carbocycles. The van der Waals surface area contributed by atoms with Crippen molar-refractivity contribution in [1.82, 2.24) is 4.90 Å². The zero-order valence-corrected chi connectivity index (χ0v) is 14.8. The second-order valence-electron chi connectivity index (χ2n) is 5.55. The minimum atomic E-state index is -3.10. The molecule has 6 heteroatoms. The number of carbonyl (C=O) groups excluding carboxylic acids is 1. The van der Waals surface area contributed by atoms with E-state index in [0.29, 0.717) is 10.8 Å². The summed E-state index contributed by atoms with van der Waals surface area (Å²) >= 11 is 1.74. The van der Waals surface area contributed by atoms with E-state index in [-0.39, 0.29) is 17.7 Å². The Bertz CT molecular complexity index is 579. The zero-order valence-electron chi connectivity index (χ0n) is 13.2. The summed E-state index contributed by atoms with van der Waals surface area (Å²) in [7, 11) is -1.47. The van der Waals surface area contributed by atoms with Crippen LogP contribution in [0.2, 0.25) is 0 Å². The molecule has 1 atom stereocenters. The van der Waals surface area contributed by atoms with Gasteiger partial charge in [-0.2, -0.15) is 0 Å². The maximum Gasteiger partial charge on any atom is 0.253 e. The van der Waals surface area contributed by atoms with Crippen LogP contribution in [0.15, 0.2) is 29.2 Å². The van der Waals surface area contributed by atoms with Gasteiger partial charge in [0.25, 0.3) is 5.91 Å². The second-order valence-corrected chi connectivity index (χ2v) is 9.38. The molecule has 1 rings (SSSR count). The molecule has 0 spiro atoms. The number of rotatable bonds is 6. The van der Waals surface area contributed by atoms with Crippen LogP contribution in [-0.2, 0) is 9.84 Å². The van der Waals surface area contributed by atoms with Gasteiger partial charge in [0.15, 0.2) is 0 Å². The molecular formula is C15H23NO3S2. The van der Waals surface area contributed by atoms with Gasteiger partial charge in [-0.3, -0.25) is 4.79 Å². The van der Waals surface area contributed by atoms with E-state index < -0.39 is 9.84 Å². The van der Waals surface area contributed by atoms with Crippen LogP contribution in [0.1, 0.15) is 31.1 Å². The summed E-state index contributed by atoms with van der Waals surface area (Å²) in [6.45, 7) is 5.97. The van der Waals surface area contributed by atoms with Crippen molar-refractivity contribution >= 4 is 27.5 Å².